The molecule has 0 unspecified atom stereocenters. The lowest BCUT2D eigenvalue weighted by Gasteiger charge is -2.05. The van der Waals surface area contributed by atoms with Crippen LogP contribution in [0.3, 0.4) is 0 Å². The SMILES string of the molecule is O=c1c(C([O-])=NCc2ccccc2)n[nH]n1N=Cc1ccccc1. The zero-order valence-corrected chi connectivity index (χ0v) is 12.7. The maximum absolute atomic E-state index is 12.1. The average molecular weight is 320 g/mol. The molecule has 0 spiro atoms. The Morgan fingerprint density at radius 2 is 1.79 bits per heavy atom. The Morgan fingerprint density at radius 3 is 2.50 bits per heavy atom. The summed E-state index contributed by atoms with van der Waals surface area (Å²) in [5, 5.41) is 22.1. The quantitative estimate of drug-likeness (QED) is 0.555. The molecular formula is C17H14N5O2-. The number of aromatic amines is 1. The predicted molar refractivity (Wildman–Crippen MR) is 89.0 cm³/mol. The van der Waals surface area contributed by atoms with Crippen molar-refractivity contribution < 1.29 is 5.11 Å². The van der Waals surface area contributed by atoms with E-state index in [0.717, 1.165) is 15.9 Å². The molecule has 2 aromatic carbocycles. The Bertz CT molecular complexity index is 911. The van der Waals surface area contributed by atoms with Crippen LogP contribution in [0.1, 0.15) is 16.8 Å². The maximum atomic E-state index is 12.1. The van der Waals surface area contributed by atoms with E-state index in [1.807, 2.05) is 60.7 Å². The standard InChI is InChI=1S/C17H15N5O2/c23-16(18-11-13-7-3-1-4-8-13)15-17(24)22(21-20-15)19-12-14-9-5-2-6-10-14/h1-10,12,21H,11H2,(H,18,23)/p-1. The van der Waals surface area contributed by atoms with Gasteiger partial charge in [-0.25, -0.2) is 0 Å². The van der Waals surface area contributed by atoms with Crippen LogP contribution in [0.4, 0.5) is 0 Å². The first kappa shape index (κ1) is 15.4. The van der Waals surface area contributed by atoms with Crippen LogP contribution < -0.4 is 10.7 Å². The van der Waals surface area contributed by atoms with Gasteiger partial charge in [0, 0.05) is 5.90 Å². The summed E-state index contributed by atoms with van der Waals surface area (Å²) < 4.78 is 0. The predicted octanol–water partition coefficient (Wildman–Crippen LogP) is 0.761. The van der Waals surface area contributed by atoms with E-state index in [2.05, 4.69) is 20.4 Å². The smallest absolute Gasteiger partial charge is 0.316 e. The van der Waals surface area contributed by atoms with E-state index in [0.29, 0.717) is 0 Å². The second kappa shape index (κ2) is 7.19. The molecule has 0 aliphatic carbocycles. The summed E-state index contributed by atoms with van der Waals surface area (Å²) in [5.41, 5.74) is 0.782. The zero-order valence-electron chi connectivity index (χ0n) is 12.7. The highest BCUT2D eigenvalue weighted by Gasteiger charge is 2.07. The molecule has 0 atom stereocenters. The highest BCUT2D eigenvalue weighted by atomic mass is 16.3. The minimum Gasteiger partial charge on any atom is -0.857 e. The molecule has 1 N–H and O–H groups in total. The highest BCUT2D eigenvalue weighted by molar-refractivity contribution is 5.88. The summed E-state index contributed by atoms with van der Waals surface area (Å²) in [4.78, 5) is 16.9. The van der Waals surface area contributed by atoms with Gasteiger partial charge in [-0.3, -0.25) is 9.79 Å². The minimum atomic E-state index is -0.672. The summed E-state index contributed by atoms with van der Waals surface area (Å²) in [7, 11) is 0. The fourth-order valence-electron chi connectivity index (χ4n) is 1.99. The van der Waals surface area contributed by atoms with Gasteiger partial charge in [0.2, 0.25) is 0 Å². The third-order valence-electron chi connectivity index (χ3n) is 3.22. The molecule has 0 fully saturated rings. The van der Waals surface area contributed by atoms with Crippen molar-refractivity contribution in [2.75, 3.05) is 0 Å². The number of aliphatic imine (C=N–C) groups is 1. The van der Waals surface area contributed by atoms with E-state index in [-0.39, 0.29) is 12.2 Å². The van der Waals surface area contributed by atoms with E-state index in [9.17, 15) is 9.90 Å². The molecule has 3 rings (SSSR count). The van der Waals surface area contributed by atoms with Gasteiger partial charge in [0.05, 0.1) is 12.8 Å². The van der Waals surface area contributed by atoms with Crippen molar-refractivity contribution in [3.8, 4) is 0 Å². The van der Waals surface area contributed by atoms with Gasteiger partial charge in [-0.15, -0.1) is 4.79 Å². The van der Waals surface area contributed by atoms with Crippen LogP contribution in [0.2, 0.25) is 0 Å². The third-order valence-corrected chi connectivity index (χ3v) is 3.22. The molecule has 1 heterocycles. The molecule has 3 aromatic rings. The van der Waals surface area contributed by atoms with Gasteiger partial charge in [-0.1, -0.05) is 60.7 Å². The first-order chi connectivity index (χ1) is 11.7. The molecule has 0 bridgehead atoms. The minimum absolute atomic E-state index is 0.194. The van der Waals surface area contributed by atoms with Gasteiger partial charge < -0.3 is 5.11 Å². The van der Waals surface area contributed by atoms with Crippen LogP contribution in [-0.4, -0.2) is 27.2 Å². The highest BCUT2D eigenvalue weighted by Crippen LogP contribution is 2.00. The number of hydrogen-bond donors (Lipinski definition) is 1. The molecule has 0 aliphatic rings. The van der Waals surface area contributed by atoms with Gasteiger partial charge in [-0.05, 0) is 11.1 Å². The molecule has 0 radical (unpaired) electrons. The molecule has 120 valence electrons. The third kappa shape index (κ3) is 3.64. The van der Waals surface area contributed by atoms with Crippen LogP contribution in [0.25, 0.3) is 0 Å². The number of hydrogen-bond acceptors (Lipinski definition) is 5. The first-order valence-corrected chi connectivity index (χ1v) is 7.26. The van der Waals surface area contributed by atoms with Crippen molar-refractivity contribution in [1.82, 2.24) is 15.1 Å². The normalized spacial score (nSPS) is 11.9. The Labute approximate surface area is 137 Å². The summed E-state index contributed by atoms with van der Waals surface area (Å²) in [6.45, 7) is 0.194. The average Bonchev–Trinajstić information content (AvgIpc) is 3.00. The second-order valence-corrected chi connectivity index (χ2v) is 4.94. The largest absolute Gasteiger partial charge is 0.857 e. The van der Waals surface area contributed by atoms with Crippen LogP contribution in [-0.2, 0) is 6.54 Å². The summed E-state index contributed by atoms with van der Waals surface area (Å²) >= 11 is 0. The fraction of sp³-hybridized carbons (Fsp3) is 0.0588. The van der Waals surface area contributed by atoms with Crippen LogP contribution >= 0.6 is 0 Å². The van der Waals surface area contributed by atoms with Crippen LogP contribution in [0.15, 0.2) is 75.6 Å². The number of aromatic nitrogens is 3. The molecule has 0 saturated carbocycles. The lowest BCUT2D eigenvalue weighted by Crippen LogP contribution is -2.28. The van der Waals surface area contributed by atoms with Gasteiger partial charge in [0.15, 0.2) is 5.69 Å². The summed E-state index contributed by atoms with van der Waals surface area (Å²) in [5.74, 6) is -0.672. The van der Waals surface area contributed by atoms with Gasteiger partial charge in [-0.2, -0.15) is 15.4 Å². The van der Waals surface area contributed by atoms with Gasteiger partial charge in [0.1, 0.15) is 0 Å². The van der Waals surface area contributed by atoms with Gasteiger partial charge in [0.25, 0.3) is 0 Å². The summed E-state index contributed by atoms with van der Waals surface area (Å²) in [6.07, 6.45) is 1.49. The number of nitrogens with zero attached hydrogens (tertiary/aromatic N) is 4. The Morgan fingerprint density at radius 1 is 1.12 bits per heavy atom. The van der Waals surface area contributed by atoms with E-state index in [1.54, 1.807) is 0 Å². The second-order valence-electron chi connectivity index (χ2n) is 4.94. The van der Waals surface area contributed by atoms with E-state index in [4.69, 9.17) is 0 Å². The van der Waals surface area contributed by atoms with Gasteiger partial charge >= 0.3 is 5.56 Å². The molecule has 0 saturated heterocycles. The molecule has 7 nitrogen and oxygen atoms in total. The lowest BCUT2D eigenvalue weighted by molar-refractivity contribution is -0.213. The maximum Gasteiger partial charge on any atom is 0.316 e. The molecule has 7 heteroatoms. The monoisotopic (exact) mass is 320 g/mol. The van der Waals surface area contributed by atoms with Crippen molar-refractivity contribution >= 4 is 12.1 Å². The van der Waals surface area contributed by atoms with Crippen molar-refractivity contribution in [2.24, 2.45) is 10.1 Å². The first-order valence-electron chi connectivity index (χ1n) is 7.26. The zero-order chi connectivity index (χ0) is 16.8. The van der Waals surface area contributed by atoms with Crippen molar-refractivity contribution in [1.29, 1.82) is 0 Å². The fourth-order valence-corrected chi connectivity index (χ4v) is 1.99. The molecule has 0 aliphatic heterocycles. The molecule has 24 heavy (non-hydrogen) atoms. The number of nitrogens with one attached hydrogen (secondary N) is 1. The van der Waals surface area contributed by atoms with E-state index < -0.39 is 11.5 Å². The van der Waals surface area contributed by atoms with E-state index in [1.165, 1.54) is 6.21 Å². The Hall–Kier alpha value is -3.48. The number of benzene rings is 2. The van der Waals surface area contributed by atoms with E-state index >= 15 is 0 Å². The molecule has 1 aromatic heterocycles. The Kier molecular flexibility index (Phi) is 4.62. The Balaban J connectivity index is 1.77. The van der Waals surface area contributed by atoms with Crippen LogP contribution in [0.5, 0.6) is 0 Å². The van der Waals surface area contributed by atoms with Crippen molar-refractivity contribution in [3.63, 3.8) is 0 Å². The van der Waals surface area contributed by atoms with Crippen molar-refractivity contribution in [2.45, 2.75) is 6.54 Å². The van der Waals surface area contributed by atoms with Crippen molar-refractivity contribution in [3.05, 3.63) is 87.8 Å². The lowest BCUT2D eigenvalue weighted by atomic mass is 10.2. The number of rotatable bonds is 5. The summed E-state index contributed by atoms with van der Waals surface area (Å²) in [6, 6.07) is 18.6. The topological polar surface area (TPSA) is 98.5 Å². The van der Waals surface area contributed by atoms with Crippen LogP contribution in [0, 0.1) is 0 Å². The number of H-pyrrole nitrogens is 1. The molecule has 0 amide bonds. The molecular weight excluding hydrogens is 306 g/mol.